The van der Waals surface area contributed by atoms with Crippen molar-refractivity contribution in [1.82, 2.24) is 4.98 Å². The van der Waals surface area contributed by atoms with Crippen LogP contribution < -0.4 is 4.74 Å². The molecule has 0 spiro atoms. The van der Waals surface area contributed by atoms with E-state index in [-0.39, 0.29) is 22.2 Å². The lowest BCUT2D eigenvalue weighted by molar-refractivity contribution is 0.0696. The second-order valence-corrected chi connectivity index (χ2v) is 4.20. The van der Waals surface area contributed by atoms with Gasteiger partial charge in [-0.3, -0.25) is 0 Å². The Balaban J connectivity index is 2.38. The van der Waals surface area contributed by atoms with Crippen molar-refractivity contribution < 1.29 is 19.0 Å². The van der Waals surface area contributed by atoms with Crippen LogP contribution in [0.3, 0.4) is 0 Å². The number of hydrogen-bond acceptors (Lipinski definition) is 3. The van der Waals surface area contributed by atoms with E-state index in [4.69, 9.17) is 21.4 Å². The molecule has 1 aromatic carbocycles. The lowest BCUT2D eigenvalue weighted by Crippen LogP contribution is -2.00. The average Bonchev–Trinajstić information content (AvgIpc) is 2.34. The largest absolute Gasteiger partial charge is 0.478 e. The van der Waals surface area contributed by atoms with Crippen molar-refractivity contribution >= 4 is 17.6 Å². The molecule has 1 aromatic heterocycles. The van der Waals surface area contributed by atoms with Crippen molar-refractivity contribution in [1.29, 1.82) is 0 Å². The van der Waals surface area contributed by atoms with E-state index in [1.807, 2.05) is 0 Å². The maximum Gasteiger partial charge on any atom is 0.335 e. The topological polar surface area (TPSA) is 59.4 Å². The predicted molar refractivity (Wildman–Crippen MR) is 67.4 cm³/mol. The molecule has 0 atom stereocenters. The molecule has 0 saturated carbocycles. The maximum absolute atomic E-state index is 13.6. The Bertz CT molecular complexity index is 646. The van der Waals surface area contributed by atoms with Gasteiger partial charge in [-0.1, -0.05) is 17.7 Å². The molecule has 98 valence electrons. The van der Waals surface area contributed by atoms with Crippen LogP contribution in [0.2, 0.25) is 5.02 Å². The highest BCUT2D eigenvalue weighted by molar-refractivity contribution is 6.30. The predicted octanol–water partition coefficient (Wildman–Crippen LogP) is 3.67. The molecule has 0 amide bonds. The van der Waals surface area contributed by atoms with E-state index < -0.39 is 11.8 Å². The fourth-order valence-electron chi connectivity index (χ4n) is 1.49. The highest BCUT2D eigenvalue weighted by Crippen LogP contribution is 2.28. The van der Waals surface area contributed by atoms with Crippen LogP contribution in [0, 0.1) is 12.7 Å². The molecule has 1 N–H and O–H groups in total. The minimum Gasteiger partial charge on any atom is -0.478 e. The van der Waals surface area contributed by atoms with E-state index in [0.717, 1.165) is 0 Å². The van der Waals surface area contributed by atoms with Crippen molar-refractivity contribution in [2.75, 3.05) is 0 Å². The van der Waals surface area contributed by atoms with Crippen LogP contribution in [0.25, 0.3) is 0 Å². The van der Waals surface area contributed by atoms with Crippen LogP contribution in [0.5, 0.6) is 11.6 Å². The number of rotatable bonds is 3. The van der Waals surface area contributed by atoms with E-state index in [1.54, 1.807) is 6.92 Å². The van der Waals surface area contributed by atoms with Crippen molar-refractivity contribution in [3.05, 3.63) is 52.4 Å². The first kappa shape index (κ1) is 13.3. The van der Waals surface area contributed by atoms with Crippen molar-refractivity contribution in [3.63, 3.8) is 0 Å². The molecular weight excluding hydrogens is 273 g/mol. The molecule has 1 heterocycles. The second kappa shape index (κ2) is 5.24. The number of pyridine rings is 1. The Morgan fingerprint density at radius 3 is 2.84 bits per heavy atom. The van der Waals surface area contributed by atoms with Gasteiger partial charge in [0, 0.05) is 11.8 Å². The molecule has 0 saturated heterocycles. The van der Waals surface area contributed by atoms with Gasteiger partial charge in [0.15, 0.2) is 11.6 Å². The highest BCUT2D eigenvalue weighted by atomic mass is 35.5. The summed E-state index contributed by atoms with van der Waals surface area (Å²) < 4.78 is 18.9. The molecule has 0 aliphatic carbocycles. The van der Waals surface area contributed by atoms with E-state index in [9.17, 15) is 9.18 Å². The van der Waals surface area contributed by atoms with Gasteiger partial charge in [-0.05, 0) is 25.1 Å². The number of carboxylic acids is 1. The normalized spacial score (nSPS) is 10.3. The summed E-state index contributed by atoms with van der Waals surface area (Å²) in [5, 5.41) is 8.84. The van der Waals surface area contributed by atoms with Crippen LogP contribution in [0.4, 0.5) is 4.39 Å². The molecule has 0 radical (unpaired) electrons. The summed E-state index contributed by atoms with van der Waals surface area (Å²) in [7, 11) is 0. The minimum absolute atomic E-state index is 0.00133. The molecule has 0 aliphatic heterocycles. The van der Waals surface area contributed by atoms with Crippen molar-refractivity contribution in [2.24, 2.45) is 0 Å². The van der Waals surface area contributed by atoms with E-state index in [0.29, 0.717) is 5.69 Å². The highest BCUT2D eigenvalue weighted by Gasteiger charge is 2.12. The SMILES string of the molecule is Cc1cc(C(=O)O)cc(Oc2cccc(Cl)c2F)n1. The number of aromatic carboxylic acids is 1. The molecule has 19 heavy (non-hydrogen) atoms. The summed E-state index contributed by atoms with van der Waals surface area (Å²) >= 11 is 5.62. The number of hydrogen-bond donors (Lipinski definition) is 1. The smallest absolute Gasteiger partial charge is 0.335 e. The average molecular weight is 282 g/mol. The molecule has 6 heteroatoms. The number of carbonyl (C=O) groups is 1. The zero-order valence-corrected chi connectivity index (χ0v) is 10.6. The standard InChI is InChI=1S/C13H9ClFNO3/c1-7-5-8(13(17)18)6-11(16-7)19-10-4-2-3-9(14)12(10)15/h2-6H,1H3,(H,17,18). The number of aromatic nitrogens is 1. The monoisotopic (exact) mass is 281 g/mol. The van der Waals surface area contributed by atoms with Gasteiger partial charge in [0.05, 0.1) is 10.6 Å². The van der Waals surface area contributed by atoms with Crippen LogP contribution in [-0.4, -0.2) is 16.1 Å². The van der Waals surface area contributed by atoms with Crippen molar-refractivity contribution in [3.8, 4) is 11.6 Å². The Morgan fingerprint density at radius 1 is 1.42 bits per heavy atom. The Labute approximate surface area is 113 Å². The van der Waals surface area contributed by atoms with Crippen LogP contribution in [0.1, 0.15) is 16.1 Å². The number of halogens is 2. The minimum atomic E-state index is -1.11. The van der Waals surface area contributed by atoms with Gasteiger partial charge in [0.25, 0.3) is 0 Å². The maximum atomic E-state index is 13.6. The summed E-state index contributed by atoms with van der Waals surface area (Å²) in [6.07, 6.45) is 0. The lowest BCUT2D eigenvalue weighted by atomic mass is 10.2. The molecule has 0 fully saturated rings. The van der Waals surface area contributed by atoms with Gasteiger partial charge < -0.3 is 9.84 Å². The van der Waals surface area contributed by atoms with Gasteiger partial charge in [-0.2, -0.15) is 0 Å². The van der Waals surface area contributed by atoms with Gasteiger partial charge in [-0.25, -0.2) is 14.2 Å². The van der Waals surface area contributed by atoms with Crippen LogP contribution in [0.15, 0.2) is 30.3 Å². The van der Waals surface area contributed by atoms with Gasteiger partial charge in [0.1, 0.15) is 0 Å². The zero-order chi connectivity index (χ0) is 14.0. The van der Waals surface area contributed by atoms with Crippen molar-refractivity contribution in [2.45, 2.75) is 6.92 Å². The molecule has 4 nitrogen and oxygen atoms in total. The molecule has 0 bridgehead atoms. The van der Waals surface area contributed by atoms with Gasteiger partial charge in [0.2, 0.25) is 5.88 Å². The van der Waals surface area contributed by atoms with Gasteiger partial charge in [-0.15, -0.1) is 0 Å². The second-order valence-electron chi connectivity index (χ2n) is 3.79. The molecule has 2 rings (SSSR count). The third-order valence-corrected chi connectivity index (χ3v) is 2.60. The number of aryl methyl sites for hydroxylation is 1. The number of ether oxygens (including phenoxy) is 1. The Hall–Kier alpha value is -2.14. The third-order valence-electron chi connectivity index (χ3n) is 2.31. The van der Waals surface area contributed by atoms with E-state index in [1.165, 1.54) is 30.3 Å². The summed E-state index contributed by atoms with van der Waals surface area (Å²) in [4.78, 5) is 14.9. The van der Waals surface area contributed by atoms with Crippen LogP contribution >= 0.6 is 11.6 Å². The Morgan fingerprint density at radius 2 is 2.16 bits per heavy atom. The van der Waals surface area contributed by atoms with Gasteiger partial charge >= 0.3 is 5.97 Å². The first-order valence-electron chi connectivity index (χ1n) is 5.31. The van der Waals surface area contributed by atoms with E-state index in [2.05, 4.69) is 4.98 Å². The fraction of sp³-hybridized carbons (Fsp3) is 0.0769. The summed E-state index contributed by atoms with van der Waals surface area (Å²) in [5.74, 6) is -1.94. The molecule has 0 aliphatic rings. The quantitative estimate of drug-likeness (QED) is 0.932. The third kappa shape index (κ3) is 3.00. The molecule has 2 aromatic rings. The summed E-state index contributed by atoms with van der Waals surface area (Å²) in [6.45, 7) is 1.62. The zero-order valence-electron chi connectivity index (χ0n) is 9.85. The lowest BCUT2D eigenvalue weighted by Gasteiger charge is -2.08. The first-order chi connectivity index (χ1) is 8.97. The molecular formula is C13H9ClFNO3. The number of carboxylic acid groups (broad SMARTS) is 1. The first-order valence-corrected chi connectivity index (χ1v) is 5.69. The molecule has 0 unspecified atom stereocenters. The van der Waals surface area contributed by atoms with E-state index >= 15 is 0 Å². The summed E-state index contributed by atoms with van der Waals surface area (Å²) in [5.41, 5.74) is 0.474. The fourth-order valence-corrected chi connectivity index (χ4v) is 1.66. The summed E-state index contributed by atoms with van der Waals surface area (Å²) in [6, 6.07) is 6.90. The number of nitrogens with zero attached hydrogens (tertiary/aromatic N) is 1. The number of benzene rings is 1. The Kier molecular flexibility index (Phi) is 3.66. The van der Waals surface area contributed by atoms with Crippen LogP contribution in [-0.2, 0) is 0 Å².